The molecule has 4 rings (SSSR count). The maximum Gasteiger partial charge on any atom is 0.313 e. The molecule has 8 heteroatoms. The molecule has 1 fully saturated rings. The van der Waals surface area contributed by atoms with Crippen molar-refractivity contribution in [3.05, 3.63) is 29.0 Å². The average molecular weight is 371 g/mol. The highest BCUT2D eigenvalue weighted by atomic mass is 32.1. The predicted molar refractivity (Wildman–Crippen MR) is 100 cm³/mol. The number of aromatic nitrogens is 4. The molecule has 26 heavy (non-hydrogen) atoms. The maximum absolute atomic E-state index is 12.5. The fourth-order valence-corrected chi connectivity index (χ4v) is 4.14. The van der Waals surface area contributed by atoms with Crippen molar-refractivity contribution in [1.82, 2.24) is 19.8 Å². The van der Waals surface area contributed by atoms with Crippen LogP contribution in [0.5, 0.6) is 0 Å². The zero-order chi connectivity index (χ0) is 18.0. The molecule has 3 aromatic rings. The minimum absolute atomic E-state index is 0.102. The van der Waals surface area contributed by atoms with Crippen molar-refractivity contribution in [3.63, 3.8) is 0 Å². The minimum Gasteiger partial charge on any atom is -0.466 e. The van der Waals surface area contributed by atoms with Gasteiger partial charge in [-0.15, -0.1) is 15.3 Å². The molecule has 1 N–H and O–H groups in total. The molecule has 0 unspecified atom stereocenters. The normalized spacial score (nSPS) is 16.0. The van der Waals surface area contributed by atoms with E-state index in [2.05, 4.69) is 20.6 Å². The number of carbonyl (C=O) groups is 1. The first-order valence-electron chi connectivity index (χ1n) is 8.88. The molecule has 1 aliphatic carbocycles. The second-order valence-corrected chi connectivity index (χ2v) is 7.37. The number of rotatable bonds is 6. The van der Waals surface area contributed by atoms with Gasteiger partial charge in [-0.2, -0.15) is 15.9 Å². The van der Waals surface area contributed by atoms with Gasteiger partial charge in [-0.25, -0.2) is 0 Å². The number of carbonyl (C=O) groups excluding carboxylic acids is 1. The first-order chi connectivity index (χ1) is 12.7. The molecule has 0 aromatic carbocycles. The Labute approximate surface area is 155 Å². The molecule has 0 atom stereocenters. The van der Waals surface area contributed by atoms with Gasteiger partial charge in [-0.05, 0) is 43.3 Å². The lowest BCUT2D eigenvalue weighted by Crippen LogP contribution is -2.37. The lowest BCUT2D eigenvalue weighted by molar-refractivity contribution is -0.154. The predicted octanol–water partition coefficient (Wildman–Crippen LogP) is 3.39. The van der Waals surface area contributed by atoms with Gasteiger partial charge in [0.25, 0.3) is 0 Å². The van der Waals surface area contributed by atoms with Crippen molar-refractivity contribution >= 4 is 28.8 Å². The fraction of sp³-hybridized carbons (Fsp3) is 0.444. The standard InChI is InChI=1S/C18H21N5O2S/c1-2-25-17(24)18(8-3-4-9-18)12-19-14-5-6-15-20-21-16(23(15)22-14)13-7-10-26-11-13/h5-7,10-11H,2-4,8-9,12H2,1H3,(H,19,22). The Balaban J connectivity index is 1.57. The molecule has 136 valence electrons. The number of hydrogen-bond acceptors (Lipinski definition) is 7. The van der Waals surface area contributed by atoms with Crippen LogP contribution in [0, 0.1) is 5.41 Å². The first kappa shape index (κ1) is 17.0. The Bertz CT molecular complexity index is 900. The van der Waals surface area contributed by atoms with Crippen LogP contribution in [0.25, 0.3) is 17.0 Å². The van der Waals surface area contributed by atoms with Gasteiger partial charge >= 0.3 is 5.97 Å². The summed E-state index contributed by atoms with van der Waals surface area (Å²) in [4.78, 5) is 12.5. The smallest absolute Gasteiger partial charge is 0.313 e. The molecular weight excluding hydrogens is 350 g/mol. The molecule has 1 aliphatic rings. The van der Waals surface area contributed by atoms with Crippen LogP contribution in [-0.4, -0.2) is 38.9 Å². The van der Waals surface area contributed by atoms with E-state index in [0.717, 1.165) is 31.2 Å². The number of esters is 1. The van der Waals surface area contributed by atoms with E-state index >= 15 is 0 Å². The van der Waals surface area contributed by atoms with E-state index in [1.807, 2.05) is 35.9 Å². The lowest BCUT2D eigenvalue weighted by atomic mass is 9.86. The summed E-state index contributed by atoms with van der Waals surface area (Å²) in [5.41, 5.74) is 1.24. The Morgan fingerprint density at radius 1 is 1.31 bits per heavy atom. The van der Waals surface area contributed by atoms with Gasteiger partial charge in [0, 0.05) is 17.5 Å². The van der Waals surface area contributed by atoms with Crippen molar-refractivity contribution in [2.75, 3.05) is 18.5 Å². The Morgan fingerprint density at radius 3 is 2.88 bits per heavy atom. The molecule has 0 saturated heterocycles. The van der Waals surface area contributed by atoms with E-state index in [9.17, 15) is 4.79 Å². The van der Waals surface area contributed by atoms with Crippen LogP contribution in [0.15, 0.2) is 29.0 Å². The number of thiophene rings is 1. The number of ether oxygens (including phenoxy) is 1. The topological polar surface area (TPSA) is 81.4 Å². The van der Waals surface area contributed by atoms with E-state index in [1.165, 1.54) is 0 Å². The van der Waals surface area contributed by atoms with E-state index in [-0.39, 0.29) is 5.97 Å². The van der Waals surface area contributed by atoms with E-state index in [0.29, 0.717) is 30.4 Å². The summed E-state index contributed by atoms with van der Waals surface area (Å²) in [7, 11) is 0. The van der Waals surface area contributed by atoms with Crippen molar-refractivity contribution < 1.29 is 9.53 Å². The highest BCUT2D eigenvalue weighted by Crippen LogP contribution is 2.39. The zero-order valence-corrected chi connectivity index (χ0v) is 15.5. The largest absolute Gasteiger partial charge is 0.466 e. The number of hydrogen-bond donors (Lipinski definition) is 1. The summed E-state index contributed by atoms with van der Waals surface area (Å²) in [5.74, 6) is 1.31. The van der Waals surface area contributed by atoms with Gasteiger partial charge in [0.1, 0.15) is 5.82 Å². The maximum atomic E-state index is 12.5. The first-order valence-corrected chi connectivity index (χ1v) is 9.82. The van der Waals surface area contributed by atoms with Crippen molar-refractivity contribution in [2.24, 2.45) is 5.41 Å². The molecular formula is C18H21N5O2S. The van der Waals surface area contributed by atoms with Crippen LogP contribution >= 0.6 is 11.3 Å². The highest BCUT2D eigenvalue weighted by molar-refractivity contribution is 7.08. The van der Waals surface area contributed by atoms with Crippen LogP contribution in [-0.2, 0) is 9.53 Å². The van der Waals surface area contributed by atoms with Gasteiger partial charge in [-0.1, -0.05) is 12.8 Å². The van der Waals surface area contributed by atoms with Crippen LogP contribution in [0.3, 0.4) is 0 Å². The van der Waals surface area contributed by atoms with Crippen molar-refractivity contribution in [3.8, 4) is 11.4 Å². The molecule has 7 nitrogen and oxygen atoms in total. The minimum atomic E-state index is -0.448. The van der Waals surface area contributed by atoms with Gasteiger partial charge < -0.3 is 10.1 Å². The summed E-state index contributed by atoms with van der Waals surface area (Å²) in [6, 6.07) is 5.75. The van der Waals surface area contributed by atoms with Gasteiger partial charge in [0.2, 0.25) is 0 Å². The fourth-order valence-electron chi connectivity index (χ4n) is 3.50. The van der Waals surface area contributed by atoms with Crippen molar-refractivity contribution in [1.29, 1.82) is 0 Å². The van der Waals surface area contributed by atoms with Crippen LogP contribution in [0.4, 0.5) is 5.82 Å². The summed E-state index contributed by atoms with van der Waals surface area (Å²) >= 11 is 1.61. The van der Waals surface area contributed by atoms with Gasteiger partial charge in [0.15, 0.2) is 11.5 Å². The Morgan fingerprint density at radius 2 is 2.15 bits per heavy atom. The van der Waals surface area contributed by atoms with E-state index < -0.39 is 5.41 Å². The third-order valence-corrected chi connectivity index (χ3v) is 5.60. The Hall–Kier alpha value is -2.48. The highest BCUT2D eigenvalue weighted by Gasteiger charge is 2.42. The molecule has 1 saturated carbocycles. The summed E-state index contributed by atoms with van der Waals surface area (Å²) < 4.78 is 7.05. The summed E-state index contributed by atoms with van der Waals surface area (Å²) in [5, 5.41) is 20.4. The SMILES string of the molecule is CCOC(=O)C1(CNc2ccc3nnc(-c4ccsc4)n3n2)CCCC1. The number of nitrogens with one attached hydrogen (secondary N) is 1. The number of nitrogens with zero attached hydrogens (tertiary/aromatic N) is 4. The molecule has 0 amide bonds. The second-order valence-electron chi connectivity index (χ2n) is 6.59. The molecule has 0 radical (unpaired) electrons. The number of fused-ring (bicyclic) bond motifs is 1. The Kier molecular flexibility index (Phi) is 4.58. The second kappa shape index (κ2) is 7.03. The van der Waals surface area contributed by atoms with E-state index in [4.69, 9.17) is 4.74 Å². The van der Waals surface area contributed by atoms with Crippen LogP contribution in [0.2, 0.25) is 0 Å². The summed E-state index contributed by atoms with van der Waals surface area (Å²) in [6.07, 6.45) is 3.82. The molecule has 3 aromatic heterocycles. The molecule has 0 aliphatic heterocycles. The monoisotopic (exact) mass is 371 g/mol. The van der Waals surface area contributed by atoms with Crippen LogP contribution < -0.4 is 5.32 Å². The lowest BCUT2D eigenvalue weighted by Gasteiger charge is -2.26. The van der Waals surface area contributed by atoms with E-state index in [1.54, 1.807) is 15.9 Å². The van der Waals surface area contributed by atoms with Gasteiger partial charge in [-0.3, -0.25) is 4.79 Å². The molecule has 0 spiro atoms. The summed E-state index contributed by atoms with van der Waals surface area (Å²) in [6.45, 7) is 2.79. The van der Waals surface area contributed by atoms with Gasteiger partial charge in [0.05, 0.1) is 12.0 Å². The molecule has 3 heterocycles. The molecule has 0 bridgehead atoms. The van der Waals surface area contributed by atoms with Crippen LogP contribution in [0.1, 0.15) is 32.6 Å². The average Bonchev–Trinajstić information content (AvgIpc) is 3.39. The third-order valence-electron chi connectivity index (χ3n) is 4.92. The van der Waals surface area contributed by atoms with Crippen molar-refractivity contribution in [2.45, 2.75) is 32.6 Å². The third kappa shape index (κ3) is 3.05. The zero-order valence-electron chi connectivity index (χ0n) is 14.6. The number of anilines is 1. The quantitative estimate of drug-likeness (QED) is 0.669.